The number of hydrogen-bond donors (Lipinski definition) is 2. The fraction of sp³-hybridized carbons (Fsp3) is 0.400. The second kappa shape index (κ2) is 3.33. The molecule has 3 nitrogen and oxygen atoms in total. The van der Waals surface area contributed by atoms with E-state index in [2.05, 4.69) is 0 Å². The van der Waals surface area contributed by atoms with Gasteiger partial charge in [0.1, 0.15) is 0 Å². The molecule has 0 aromatic carbocycles. The van der Waals surface area contributed by atoms with Crippen LogP contribution in [0.1, 0.15) is 6.92 Å². The molecular weight excluding hydrogens is 142 g/mol. The summed E-state index contributed by atoms with van der Waals surface area (Å²) in [4.78, 5) is 9.98. The number of carboxylic acid groups (broad SMARTS) is 1. The Morgan fingerprint density at radius 3 is 2.22 bits per heavy atom. The lowest BCUT2D eigenvalue weighted by Crippen LogP contribution is -2.42. The summed E-state index contributed by atoms with van der Waals surface area (Å²) in [5, 5.41) is 8.17. The number of halogens is 1. The van der Waals surface area contributed by atoms with Gasteiger partial charge in [0, 0.05) is 0 Å². The first-order chi connectivity index (χ1) is 3.50. The standard InChI is InChI=1S/C5H7NO2.ClH/c1-3-5(2,6)4(7)8;/h1H,6H2,2H3,(H,7,8);1H/t5-;/m0./s1. The van der Waals surface area contributed by atoms with Gasteiger partial charge in [0.2, 0.25) is 0 Å². The van der Waals surface area contributed by atoms with Crippen molar-refractivity contribution in [1.29, 1.82) is 0 Å². The van der Waals surface area contributed by atoms with Crippen LogP contribution in [-0.2, 0) is 4.79 Å². The van der Waals surface area contributed by atoms with E-state index < -0.39 is 11.5 Å². The molecule has 0 rings (SSSR count). The number of rotatable bonds is 1. The Morgan fingerprint density at radius 2 is 2.22 bits per heavy atom. The summed E-state index contributed by atoms with van der Waals surface area (Å²) >= 11 is 0. The summed E-state index contributed by atoms with van der Waals surface area (Å²) < 4.78 is 0. The fourth-order valence-corrected chi connectivity index (χ4v) is 0.0617. The summed E-state index contributed by atoms with van der Waals surface area (Å²) in [7, 11) is 0. The quantitative estimate of drug-likeness (QED) is 0.510. The van der Waals surface area contributed by atoms with Crippen LogP contribution < -0.4 is 5.73 Å². The molecule has 1 atom stereocenters. The van der Waals surface area contributed by atoms with Crippen LogP contribution in [0.2, 0.25) is 0 Å². The van der Waals surface area contributed by atoms with Crippen LogP contribution in [0.3, 0.4) is 0 Å². The maximum atomic E-state index is 9.98. The number of carbonyl (C=O) groups is 1. The van der Waals surface area contributed by atoms with E-state index in [0.29, 0.717) is 0 Å². The maximum absolute atomic E-state index is 9.98. The zero-order valence-corrected chi connectivity index (χ0v) is 5.73. The molecular formula is C5H8ClNO2. The molecule has 0 aliphatic carbocycles. The molecule has 0 unspecified atom stereocenters. The molecule has 0 saturated heterocycles. The van der Waals surface area contributed by atoms with Gasteiger partial charge in [-0.2, -0.15) is 0 Å². The van der Waals surface area contributed by atoms with E-state index in [9.17, 15) is 4.79 Å². The smallest absolute Gasteiger partial charge is 0.335 e. The fourth-order valence-electron chi connectivity index (χ4n) is 0.0617. The largest absolute Gasteiger partial charge is 0.479 e. The zero-order valence-electron chi connectivity index (χ0n) is 4.92. The van der Waals surface area contributed by atoms with Crippen LogP contribution in [0.5, 0.6) is 0 Å². The molecule has 0 aromatic rings. The van der Waals surface area contributed by atoms with Gasteiger partial charge in [-0.15, -0.1) is 18.8 Å². The van der Waals surface area contributed by atoms with E-state index in [-0.39, 0.29) is 12.4 Å². The molecule has 0 fully saturated rings. The minimum atomic E-state index is -1.51. The van der Waals surface area contributed by atoms with Crippen LogP contribution in [-0.4, -0.2) is 16.6 Å². The number of aliphatic carboxylic acids is 1. The molecule has 0 radical (unpaired) electrons. The Balaban J connectivity index is 0. The van der Waals surface area contributed by atoms with E-state index in [1.165, 1.54) is 6.92 Å². The third-order valence-electron chi connectivity index (χ3n) is 0.744. The molecule has 4 heteroatoms. The number of terminal acetylenes is 1. The highest BCUT2D eigenvalue weighted by Gasteiger charge is 2.23. The molecule has 52 valence electrons. The van der Waals surface area contributed by atoms with Crippen LogP contribution in [0.4, 0.5) is 0 Å². The van der Waals surface area contributed by atoms with Crippen molar-refractivity contribution in [2.45, 2.75) is 12.5 Å². The van der Waals surface area contributed by atoms with E-state index >= 15 is 0 Å². The van der Waals surface area contributed by atoms with Gasteiger partial charge in [0.05, 0.1) is 0 Å². The average molecular weight is 150 g/mol. The average Bonchev–Trinajstić information content (AvgIpc) is 1.67. The summed E-state index contributed by atoms with van der Waals surface area (Å²) in [5.74, 6) is 0.738. The predicted octanol–water partition coefficient (Wildman–Crippen LogP) is -0.157. The van der Waals surface area contributed by atoms with Crippen molar-refractivity contribution in [1.82, 2.24) is 0 Å². The Morgan fingerprint density at radius 1 is 1.89 bits per heavy atom. The van der Waals surface area contributed by atoms with Gasteiger partial charge < -0.3 is 10.8 Å². The van der Waals surface area contributed by atoms with Crippen molar-refractivity contribution >= 4 is 18.4 Å². The summed E-state index contributed by atoms with van der Waals surface area (Å²) in [6.07, 6.45) is 4.75. The molecule has 0 aliphatic rings. The number of hydrogen-bond acceptors (Lipinski definition) is 2. The lowest BCUT2D eigenvalue weighted by Gasteiger charge is -2.08. The predicted molar refractivity (Wildman–Crippen MR) is 36.3 cm³/mol. The monoisotopic (exact) mass is 149 g/mol. The Kier molecular flexibility index (Phi) is 4.12. The second-order valence-corrected chi connectivity index (χ2v) is 1.65. The molecule has 0 aromatic heterocycles. The van der Waals surface area contributed by atoms with Crippen molar-refractivity contribution in [2.24, 2.45) is 5.73 Å². The highest BCUT2D eigenvalue weighted by Crippen LogP contribution is 1.93. The molecule has 3 N–H and O–H groups in total. The Bertz CT molecular complexity index is 148. The topological polar surface area (TPSA) is 63.3 Å². The van der Waals surface area contributed by atoms with Crippen molar-refractivity contribution in [3.63, 3.8) is 0 Å². The minimum absolute atomic E-state index is 0. The van der Waals surface area contributed by atoms with Gasteiger partial charge in [-0.05, 0) is 6.92 Å². The second-order valence-electron chi connectivity index (χ2n) is 1.65. The first-order valence-corrected chi connectivity index (χ1v) is 2.01. The minimum Gasteiger partial charge on any atom is -0.479 e. The summed E-state index contributed by atoms with van der Waals surface area (Å²) in [6, 6.07) is 0. The lowest BCUT2D eigenvalue weighted by molar-refractivity contribution is -0.140. The van der Waals surface area contributed by atoms with Crippen molar-refractivity contribution in [2.75, 3.05) is 0 Å². The zero-order chi connectivity index (χ0) is 6.78. The highest BCUT2D eigenvalue weighted by molar-refractivity contribution is 5.85. The lowest BCUT2D eigenvalue weighted by atomic mass is 10.1. The van der Waals surface area contributed by atoms with E-state index in [4.69, 9.17) is 17.3 Å². The van der Waals surface area contributed by atoms with Crippen LogP contribution in [0.15, 0.2) is 0 Å². The van der Waals surface area contributed by atoms with Crippen molar-refractivity contribution in [3.05, 3.63) is 0 Å². The molecule has 0 heterocycles. The molecule has 9 heavy (non-hydrogen) atoms. The van der Waals surface area contributed by atoms with Gasteiger partial charge in [-0.3, -0.25) is 0 Å². The third-order valence-corrected chi connectivity index (χ3v) is 0.744. The van der Waals surface area contributed by atoms with Crippen LogP contribution in [0.25, 0.3) is 0 Å². The van der Waals surface area contributed by atoms with Crippen LogP contribution in [0, 0.1) is 12.3 Å². The number of carboxylic acids is 1. The summed E-state index contributed by atoms with van der Waals surface area (Å²) in [6.45, 7) is 1.26. The van der Waals surface area contributed by atoms with E-state index in [1.807, 2.05) is 5.92 Å². The van der Waals surface area contributed by atoms with Gasteiger partial charge in [-0.25, -0.2) is 4.79 Å². The van der Waals surface area contributed by atoms with Crippen molar-refractivity contribution in [3.8, 4) is 12.3 Å². The first-order valence-electron chi connectivity index (χ1n) is 2.01. The molecule has 0 bridgehead atoms. The van der Waals surface area contributed by atoms with Crippen molar-refractivity contribution < 1.29 is 9.90 Å². The van der Waals surface area contributed by atoms with Gasteiger partial charge in [-0.1, -0.05) is 5.92 Å². The highest BCUT2D eigenvalue weighted by atomic mass is 35.5. The van der Waals surface area contributed by atoms with E-state index in [0.717, 1.165) is 0 Å². The summed E-state index contributed by atoms with van der Waals surface area (Å²) in [5.41, 5.74) is 3.51. The Labute approximate surface area is 59.6 Å². The Hall–Kier alpha value is -0.720. The first kappa shape index (κ1) is 11.1. The SMILES string of the molecule is C#C[C@](C)(N)C(=O)O.Cl. The van der Waals surface area contributed by atoms with Gasteiger partial charge in [0.15, 0.2) is 5.54 Å². The van der Waals surface area contributed by atoms with E-state index in [1.54, 1.807) is 0 Å². The van der Waals surface area contributed by atoms with Crippen LogP contribution >= 0.6 is 12.4 Å². The molecule has 0 amide bonds. The molecule has 0 saturated carbocycles. The normalized spacial score (nSPS) is 14.3. The molecule has 0 spiro atoms. The maximum Gasteiger partial charge on any atom is 0.335 e. The van der Waals surface area contributed by atoms with Gasteiger partial charge >= 0.3 is 5.97 Å². The van der Waals surface area contributed by atoms with Gasteiger partial charge in [0.25, 0.3) is 0 Å². The number of nitrogens with two attached hydrogens (primary N) is 1. The molecule has 0 aliphatic heterocycles. The third kappa shape index (κ3) is 2.96.